The van der Waals surface area contributed by atoms with Crippen molar-refractivity contribution in [1.29, 1.82) is 0 Å². The fourth-order valence-electron chi connectivity index (χ4n) is 11.7. The molecule has 0 bridgehead atoms. The molecule has 0 aromatic rings. The van der Waals surface area contributed by atoms with Crippen molar-refractivity contribution in [2.45, 2.75) is 413 Å². The van der Waals surface area contributed by atoms with Crippen LogP contribution in [-0.4, -0.2) is 96.7 Å². The van der Waals surface area contributed by atoms with Crippen LogP contribution in [0.3, 0.4) is 0 Å². The summed E-state index contributed by atoms with van der Waals surface area (Å²) in [4.78, 5) is 72.9. The minimum absolute atomic E-state index is 0.107. The van der Waals surface area contributed by atoms with Gasteiger partial charge < -0.3 is 33.8 Å². The third kappa shape index (κ3) is 70.3. The van der Waals surface area contributed by atoms with Crippen LogP contribution in [0.25, 0.3) is 0 Å². The first kappa shape index (κ1) is 93.1. The molecule has 0 rings (SSSR count). The molecule has 3 N–H and O–H groups in total. The van der Waals surface area contributed by atoms with Crippen molar-refractivity contribution in [1.82, 2.24) is 0 Å². The number of aliphatic hydroxyl groups is 1. The highest BCUT2D eigenvalue weighted by Gasteiger charge is 2.30. The maximum absolute atomic E-state index is 13.1. The van der Waals surface area contributed by atoms with Crippen LogP contribution in [0.15, 0.2) is 0 Å². The van der Waals surface area contributed by atoms with Crippen molar-refractivity contribution in [3.63, 3.8) is 0 Å². The van der Waals surface area contributed by atoms with E-state index in [1.54, 1.807) is 0 Å². The molecule has 19 heteroatoms. The van der Waals surface area contributed by atoms with Crippen molar-refractivity contribution >= 4 is 39.5 Å². The molecule has 17 nitrogen and oxygen atoms in total. The van der Waals surface area contributed by atoms with Gasteiger partial charge in [0.1, 0.15) is 19.3 Å². The van der Waals surface area contributed by atoms with Gasteiger partial charge in [-0.2, -0.15) is 0 Å². The van der Waals surface area contributed by atoms with Crippen LogP contribution in [0.5, 0.6) is 0 Å². The zero-order chi connectivity index (χ0) is 70.0. The Morgan fingerprint density at radius 3 is 0.716 bits per heavy atom. The predicted molar refractivity (Wildman–Crippen MR) is 386 cm³/mol. The van der Waals surface area contributed by atoms with Gasteiger partial charge in [0.25, 0.3) is 0 Å². The SMILES string of the molecule is CCCCCCCCCCCCCCCCC(=O)OC[C@H](COP(=O)(O)OC[C@@H](O)COP(=O)(O)OC[C@@H](COC(=O)CCCCCCCCCCCC(C)C)OC(=O)CCCCCCCCCCCCCCCC)OC(=O)CCCCCCCCCCCCCCC(C)C. The lowest BCUT2D eigenvalue weighted by atomic mass is 10.0. The summed E-state index contributed by atoms with van der Waals surface area (Å²) in [6, 6.07) is 0. The zero-order valence-corrected chi connectivity index (χ0v) is 63.8. The molecule has 0 saturated heterocycles. The van der Waals surface area contributed by atoms with Crippen molar-refractivity contribution in [2.24, 2.45) is 11.8 Å². The van der Waals surface area contributed by atoms with Crippen LogP contribution in [-0.2, 0) is 65.4 Å². The van der Waals surface area contributed by atoms with Gasteiger partial charge in [-0.1, -0.05) is 343 Å². The van der Waals surface area contributed by atoms with E-state index >= 15 is 0 Å². The second-order valence-corrected chi connectivity index (χ2v) is 31.3. The fraction of sp³-hybridized carbons (Fsp3) is 0.947. The van der Waals surface area contributed by atoms with E-state index in [9.17, 15) is 43.2 Å². The predicted octanol–water partition coefficient (Wildman–Crippen LogP) is 22.3. The summed E-state index contributed by atoms with van der Waals surface area (Å²) in [6.07, 6.45) is 55.3. The van der Waals surface area contributed by atoms with Gasteiger partial charge in [-0.15, -0.1) is 0 Å². The van der Waals surface area contributed by atoms with Gasteiger partial charge in [-0.3, -0.25) is 37.3 Å². The summed E-state index contributed by atoms with van der Waals surface area (Å²) in [5, 5.41) is 10.6. The maximum atomic E-state index is 13.1. The average Bonchev–Trinajstić information content (AvgIpc) is 1.36. The third-order valence-electron chi connectivity index (χ3n) is 17.7. The Kier molecular flexibility index (Phi) is 66.5. The first-order valence-corrected chi connectivity index (χ1v) is 42.5. The molecule has 0 amide bonds. The smallest absolute Gasteiger partial charge is 0.462 e. The molecule has 0 aliphatic rings. The average molecular weight is 1400 g/mol. The molecule has 0 saturated carbocycles. The van der Waals surface area contributed by atoms with Crippen LogP contribution >= 0.6 is 15.6 Å². The molecule has 2 unspecified atom stereocenters. The number of phosphoric ester groups is 2. The Morgan fingerprint density at radius 2 is 0.484 bits per heavy atom. The van der Waals surface area contributed by atoms with E-state index in [-0.39, 0.29) is 25.7 Å². The topological polar surface area (TPSA) is 237 Å². The van der Waals surface area contributed by atoms with Crippen molar-refractivity contribution in [3.8, 4) is 0 Å². The Hall–Kier alpha value is -1.94. The monoisotopic (exact) mass is 1400 g/mol. The highest BCUT2D eigenvalue weighted by atomic mass is 31.2. The summed E-state index contributed by atoms with van der Waals surface area (Å²) in [5.41, 5.74) is 0. The molecule has 0 heterocycles. The lowest BCUT2D eigenvalue weighted by Crippen LogP contribution is -2.30. The molecule has 95 heavy (non-hydrogen) atoms. The number of phosphoric acid groups is 2. The molecule has 5 atom stereocenters. The quantitative estimate of drug-likeness (QED) is 0.0222. The Balaban J connectivity index is 5.27. The van der Waals surface area contributed by atoms with Gasteiger partial charge in [0.2, 0.25) is 0 Å². The highest BCUT2D eigenvalue weighted by molar-refractivity contribution is 7.47. The number of rotatable bonds is 75. The van der Waals surface area contributed by atoms with Gasteiger partial charge in [0.15, 0.2) is 12.2 Å². The molecule has 0 aliphatic heterocycles. The minimum Gasteiger partial charge on any atom is -0.462 e. The lowest BCUT2D eigenvalue weighted by Gasteiger charge is -2.21. The van der Waals surface area contributed by atoms with E-state index in [2.05, 4.69) is 41.5 Å². The molecule has 0 radical (unpaired) electrons. The molecule has 0 spiro atoms. The molecular formula is C76H148O17P2. The van der Waals surface area contributed by atoms with E-state index in [1.165, 1.54) is 212 Å². The van der Waals surface area contributed by atoms with Gasteiger partial charge in [-0.05, 0) is 37.5 Å². The van der Waals surface area contributed by atoms with Crippen molar-refractivity contribution in [2.75, 3.05) is 39.6 Å². The summed E-state index contributed by atoms with van der Waals surface area (Å²) >= 11 is 0. The van der Waals surface area contributed by atoms with E-state index in [0.717, 1.165) is 102 Å². The number of hydrogen-bond acceptors (Lipinski definition) is 15. The maximum Gasteiger partial charge on any atom is 0.472 e. The number of hydrogen-bond donors (Lipinski definition) is 3. The Morgan fingerprint density at radius 1 is 0.284 bits per heavy atom. The molecular weight excluding hydrogens is 1250 g/mol. The van der Waals surface area contributed by atoms with Crippen LogP contribution in [0, 0.1) is 11.8 Å². The van der Waals surface area contributed by atoms with Crippen LogP contribution in [0.4, 0.5) is 0 Å². The molecule has 0 aromatic carbocycles. The van der Waals surface area contributed by atoms with E-state index in [1.807, 2.05) is 0 Å². The fourth-order valence-corrected chi connectivity index (χ4v) is 13.2. The largest absolute Gasteiger partial charge is 0.472 e. The van der Waals surface area contributed by atoms with E-state index in [4.69, 9.17) is 37.0 Å². The number of aliphatic hydroxyl groups excluding tert-OH is 1. The number of ether oxygens (including phenoxy) is 4. The van der Waals surface area contributed by atoms with Gasteiger partial charge in [0.05, 0.1) is 26.4 Å². The summed E-state index contributed by atoms with van der Waals surface area (Å²) in [7, 11) is -9.91. The van der Waals surface area contributed by atoms with Crippen LogP contribution in [0.1, 0.15) is 395 Å². The van der Waals surface area contributed by atoms with E-state index < -0.39 is 97.5 Å². The second kappa shape index (κ2) is 67.9. The lowest BCUT2D eigenvalue weighted by molar-refractivity contribution is -0.161. The van der Waals surface area contributed by atoms with E-state index in [0.29, 0.717) is 25.7 Å². The van der Waals surface area contributed by atoms with Crippen molar-refractivity contribution < 1.29 is 80.2 Å². The first-order valence-electron chi connectivity index (χ1n) is 39.5. The summed E-state index contributed by atoms with van der Waals surface area (Å²) < 4.78 is 68.6. The number of esters is 4. The van der Waals surface area contributed by atoms with Gasteiger partial charge >= 0.3 is 39.5 Å². The number of carbonyl (C=O) groups excluding carboxylic acids is 4. The van der Waals surface area contributed by atoms with Gasteiger partial charge in [-0.25, -0.2) is 9.13 Å². The van der Waals surface area contributed by atoms with Crippen LogP contribution in [0.2, 0.25) is 0 Å². The number of unbranched alkanes of at least 4 members (excludes halogenated alkanes) is 45. The third-order valence-corrected chi connectivity index (χ3v) is 19.6. The Bertz CT molecular complexity index is 1840. The molecule has 0 fully saturated rings. The molecule has 564 valence electrons. The first-order chi connectivity index (χ1) is 45.9. The Labute approximate surface area is 581 Å². The minimum atomic E-state index is -4.96. The molecule has 0 aliphatic carbocycles. The van der Waals surface area contributed by atoms with Crippen LogP contribution < -0.4 is 0 Å². The summed E-state index contributed by atoms with van der Waals surface area (Å²) in [5.74, 6) is -0.592. The number of carbonyl (C=O) groups is 4. The standard InChI is InChI=1S/C76H148O17P2/c1-7-9-11-13-15-17-19-21-23-28-34-40-46-52-58-73(78)86-64-71(92-76(81)61-55-49-43-36-30-26-25-27-32-38-44-50-56-68(3)4)66-90-94(82,83)88-62-70(77)63-89-95(84,85)91-67-72(65-87-74(79)59-53-47-41-37-31-33-39-45-51-57-69(5)6)93-75(80)60-54-48-42-35-29-24-22-20-18-16-14-12-10-8-2/h68-72,77H,7-67H2,1-6H3,(H,82,83)(H,84,85)/t70-,71-,72-/m1/s1. The molecule has 0 aromatic heterocycles. The highest BCUT2D eigenvalue weighted by Crippen LogP contribution is 2.45. The second-order valence-electron chi connectivity index (χ2n) is 28.3. The normalized spacial score (nSPS) is 14.0. The van der Waals surface area contributed by atoms with Gasteiger partial charge in [0, 0.05) is 25.7 Å². The summed E-state index contributed by atoms with van der Waals surface area (Å²) in [6.45, 7) is 9.60. The van der Waals surface area contributed by atoms with Crippen molar-refractivity contribution in [3.05, 3.63) is 0 Å². The zero-order valence-electron chi connectivity index (χ0n) is 62.0.